The fourth-order valence-corrected chi connectivity index (χ4v) is 3.83. The third kappa shape index (κ3) is 3.72. The fraction of sp³-hybridized carbons (Fsp3) is 0.571. The molecule has 0 unspecified atom stereocenters. The highest BCUT2D eigenvalue weighted by Crippen LogP contribution is 2.30. The van der Waals surface area contributed by atoms with Crippen molar-refractivity contribution in [1.29, 1.82) is 0 Å². The maximum Gasteiger partial charge on any atom is 0.241 e. The first-order valence-corrected chi connectivity index (χ1v) is 8.35. The van der Waals surface area contributed by atoms with Gasteiger partial charge in [-0.3, -0.25) is 0 Å². The van der Waals surface area contributed by atoms with Crippen molar-refractivity contribution in [2.45, 2.75) is 31.6 Å². The van der Waals surface area contributed by atoms with Crippen molar-refractivity contribution in [2.24, 2.45) is 5.41 Å². The van der Waals surface area contributed by atoms with Crippen molar-refractivity contribution in [3.05, 3.63) is 23.5 Å². The van der Waals surface area contributed by atoms with Gasteiger partial charge in [0, 0.05) is 31.0 Å². The summed E-state index contributed by atoms with van der Waals surface area (Å²) >= 11 is 0. The van der Waals surface area contributed by atoms with Crippen molar-refractivity contribution < 1.29 is 17.5 Å². The lowest BCUT2D eigenvalue weighted by molar-refractivity contribution is 0.0264. The molecule has 0 saturated carbocycles. The van der Waals surface area contributed by atoms with Crippen LogP contribution in [-0.2, 0) is 14.8 Å². The molecule has 1 aliphatic rings. The van der Waals surface area contributed by atoms with E-state index in [-0.39, 0.29) is 21.6 Å². The summed E-state index contributed by atoms with van der Waals surface area (Å²) in [6, 6.07) is 2.40. The summed E-state index contributed by atoms with van der Waals surface area (Å²) in [5, 5.41) is 0. The van der Waals surface area contributed by atoms with Gasteiger partial charge in [0.25, 0.3) is 0 Å². The molecule has 21 heavy (non-hydrogen) atoms. The predicted octanol–water partition coefficient (Wildman–Crippen LogP) is 1.81. The lowest BCUT2D eigenvalue weighted by Gasteiger charge is -2.33. The molecule has 0 atom stereocenters. The number of hydrogen-bond acceptors (Lipinski definition) is 4. The highest BCUT2D eigenvalue weighted by molar-refractivity contribution is 7.89. The van der Waals surface area contributed by atoms with Crippen LogP contribution in [0, 0.1) is 18.2 Å². The quantitative estimate of drug-likeness (QED) is 0.830. The summed E-state index contributed by atoms with van der Waals surface area (Å²) in [7, 11) is -3.78. The number of anilines is 1. The molecular weight excluding hydrogens is 295 g/mol. The average Bonchev–Trinajstić information content (AvgIpc) is 2.42. The second-order valence-corrected chi connectivity index (χ2v) is 7.61. The molecule has 5 nitrogen and oxygen atoms in total. The van der Waals surface area contributed by atoms with E-state index in [1.165, 1.54) is 13.0 Å². The number of sulfonamides is 1. The topological polar surface area (TPSA) is 81.4 Å². The molecule has 2 rings (SSSR count). The zero-order valence-corrected chi connectivity index (χ0v) is 13.1. The Morgan fingerprint density at radius 1 is 1.38 bits per heavy atom. The Hall–Kier alpha value is -1.18. The third-order valence-corrected chi connectivity index (χ3v) is 5.52. The van der Waals surface area contributed by atoms with Crippen LogP contribution < -0.4 is 10.5 Å². The lowest BCUT2D eigenvalue weighted by Crippen LogP contribution is -2.39. The van der Waals surface area contributed by atoms with Crippen LogP contribution in [0.15, 0.2) is 17.0 Å². The largest absolute Gasteiger partial charge is 0.399 e. The van der Waals surface area contributed by atoms with Gasteiger partial charge in [0.05, 0.1) is 4.90 Å². The molecule has 118 valence electrons. The zero-order valence-electron chi connectivity index (χ0n) is 12.3. The third-order valence-electron chi connectivity index (χ3n) is 4.00. The van der Waals surface area contributed by atoms with Gasteiger partial charge in [-0.05, 0) is 37.3 Å². The number of nitrogen functional groups attached to an aromatic ring is 1. The normalized spacial score (nSPS) is 18.6. The Balaban J connectivity index is 2.19. The molecule has 1 aliphatic heterocycles. The summed E-state index contributed by atoms with van der Waals surface area (Å²) in [5.41, 5.74) is 5.57. The maximum atomic E-state index is 13.7. The van der Waals surface area contributed by atoms with E-state index < -0.39 is 15.8 Å². The van der Waals surface area contributed by atoms with Gasteiger partial charge in [-0.2, -0.15) is 0 Å². The van der Waals surface area contributed by atoms with E-state index in [0.29, 0.717) is 19.8 Å². The highest BCUT2D eigenvalue weighted by Gasteiger charge is 2.30. The molecule has 0 spiro atoms. The van der Waals surface area contributed by atoms with E-state index >= 15 is 0 Å². The molecule has 1 saturated heterocycles. The standard InChI is InChI=1S/C14H21FN2O3S/c1-10-12(15)7-11(16)8-13(10)21(18,19)17-9-14(2)3-5-20-6-4-14/h7-8,17H,3-6,9,16H2,1-2H3. The molecule has 0 radical (unpaired) electrons. The van der Waals surface area contributed by atoms with Crippen LogP contribution >= 0.6 is 0 Å². The van der Waals surface area contributed by atoms with Crippen molar-refractivity contribution >= 4 is 15.7 Å². The zero-order chi connectivity index (χ0) is 15.7. The van der Waals surface area contributed by atoms with Gasteiger partial charge >= 0.3 is 0 Å². The molecule has 7 heteroatoms. The second-order valence-electron chi connectivity index (χ2n) is 5.87. The van der Waals surface area contributed by atoms with Crippen molar-refractivity contribution in [2.75, 3.05) is 25.5 Å². The minimum atomic E-state index is -3.78. The second kappa shape index (κ2) is 5.90. The first kappa shape index (κ1) is 16.2. The molecule has 0 aromatic heterocycles. The van der Waals surface area contributed by atoms with Crippen LogP contribution in [0.3, 0.4) is 0 Å². The van der Waals surface area contributed by atoms with Crippen LogP contribution in [0.4, 0.5) is 10.1 Å². The average molecular weight is 316 g/mol. The van der Waals surface area contributed by atoms with Crippen LogP contribution in [0.5, 0.6) is 0 Å². The number of halogens is 1. The molecule has 1 aromatic carbocycles. The molecule has 0 aliphatic carbocycles. The molecule has 0 amide bonds. The van der Waals surface area contributed by atoms with Gasteiger partial charge in [0.15, 0.2) is 0 Å². The smallest absolute Gasteiger partial charge is 0.241 e. The van der Waals surface area contributed by atoms with Gasteiger partial charge in [-0.25, -0.2) is 17.5 Å². The number of nitrogens with two attached hydrogens (primary N) is 1. The lowest BCUT2D eigenvalue weighted by atomic mass is 9.83. The minimum Gasteiger partial charge on any atom is -0.399 e. The summed E-state index contributed by atoms with van der Waals surface area (Å²) < 4.78 is 46.3. The SMILES string of the molecule is Cc1c(F)cc(N)cc1S(=O)(=O)NCC1(C)CCOCC1. The Morgan fingerprint density at radius 3 is 2.62 bits per heavy atom. The first-order chi connectivity index (χ1) is 9.73. The van der Waals surface area contributed by atoms with Crippen molar-refractivity contribution in [3.8, 4) is 0 Å². The molecular formula is C14H21FN2O3S. The summed E-state index contributed by atoms with van der Waals surface area (Å²) in [5.74, 6) is -0.618. The fourth-order valence-electron chi connectivity index (χ4n) is 2.34. The maximum absolute atomic E-state index is 13.7. The van der Waals surface area contributed by atoms with Crippen LogP contribution in [0.1, 0.15) is 25.3 Å². The van der Waals surface area contributed by atoms with Crippen LogP contribution in [-0.4, -0.2) is 28.2 Å². The summed E-state index contributed by atoms with van der Waals surface area (Å²) in [4.78, 5) is -0.101. The highest BCUT2D eigenvalue weighted by atomic mass is 32.2. The van der Waals surface area contributed by atoms with Gasteiger partial charge in [-0.15, -0.1) is 0 Å². The number of nitrogens with one attached hydrogen (secondary N) is 1. The van der Waals surface area contributed by atoms with Gasteiger partial charge in [0.1, 0.15) is 5.82 Å². The number of rotatable bonds is 4. The molecule has 1 fully saturated rings. The summed E-state index contributed by atoms with van der Waals surface area (Å²) in [6.45, 7) is 5.01. The van der Waals surface area contributed by atoms with Crippen LogP contribution in [0.2, 0.25) is 0 Å². The number of ether oxygens (including phenoxy) is 1. The van der Waals surface area contributed by atoms with Crippen molar-refractivity contribution in [1.82, 2.24) is 4.72 Å². The predicted molar refractivity (Wildman–Crippen MR) is 78.9 cm³/mol. The van der Waals surface area contributed by atoms with E-state index in [9.17, 15) is 12.8 Å². The monoisotopic (exact) mass is 316 g/mol. The molecule has 1 heterocycles. The van der Waals surface area contributed by atoms with Gasteiger partial charge in [0.2, 0.25) is 10.0 Å². The van der Waals surface area contributed by atoms with Gasteiger partial charge < -0.3 is 10.5 Å². The van der Waals surface area contributed by atoms with E-state index in [1.807, 2.05) is 6.92 Å². The molecule has 1 aromatic rings. The Morgan fingerprint density at radius 2 is 2.00 bits per heavy atom. The summed E-state index contributed by atoms with van der Waals surface area (Å²) in [6.07, 6.45) is 1.58. The van der Waals surface area contributed by atoms with E-state index in [2.05, 4.69) is 4.72 Å². The van der Waals surface area contributed by atoms with Crippen LogP contribution in [0.25, 0.3) is 0 Å². The Labute approximate surface area is 124 Å². The first-order valence-electron chi connectivity index (χ1n) is 6.87. The Bertz CT molecular complexity index is 625. The molecule has 0 bridgehead atoms. The number of hydrogen-bond donors (Lipinski definition) is 2. The minimum absolute atomic E-state index is 0.0776. The molecule has 3 N–H and O–H groups in total. The van der Waals surface area contributed by atoms with Crippen molar-refractivity contribution in [3.63, 3.8) is 0 Å². The number of benzene rings is 1. The van der Waals surface area contributed by atoms with Gasteiger partial charge in [-0.1, -0.05) is 6.92 Å². The van der Waals surface area contributed by atoms with E-state index in [4.69, 9.17) is 10.5 Å². The van der Waals surface area contributed by atoms with E-state index in [1.54, 1.807) is 0 Å². The Kier molecular flexibility index (Phi) is 4.55. The van der Waals surface area contributed by atoms with E-state index in [0.717, 1.165) is 18.9 Å².